The summed E-state index contributed by atoms with van der Waals surface area (Å²) in [5.41, 5.74) is 5.91. The van der Waals surface area contributed by atoms with Gasteiger partial charge in [-0.05, 0) is 12.3 Å². The first kappa shape index (κ1) is 13.4. The van der Waals surface area contributed by atoms with Crippen LogP contribution in [0.25, 0.3) is 0 Å². The number of rotatable bonds is 3. The summed E-state index contributed by atoms with van der Waals surface area (Å²) in [4.78, 5) is 10.5. The zero-order valence-electron chi connectivity index (χ0n) is 11.2. The Hall–Kier alpha value is -1.65. The molecule has 1 heterocycles. The van der Waals surface area contributed by atoms with Gasteiger partial charge < -0.3 is 10.6 Å². The van der Waals surface area contributed by atoms with Crippen LogP contribution in [-0.4, -0.2) is 28.9 Å². The molecule has 0 saturated heterocycles. The Morgan fingerprint density at radius 3 is 2.29 bits per heavy atom. The number of anilines is 1. The molecule has 5 nitrogen and oxygen atoms in total. The van der Waals surface area contributed by atoms with Gasteiger partial charge in [-0.3, -0.25) is 5.41 Å². The molecule has 1 atom stereocenters. The van der Waals surface area contributed by atoms with Crippen LogP contribution in [0.2, 0.25) is 0 Å². The fourth-order valence-electron chi connectivity index (χ4n) is 1.42. The predicted octanol–water partition coefficient (Wildman–Crippen LogP) is 1.63. The van der Waals surface area contributed by atoms with Crippen molar-refractivity contribution in [2.45, 2.75) is 33.7 Å². The third-order valence-corrected chi connectivity index (χ3v) is 3.11. The molecule has 5 heteroatoms. The Bertz CT molecular complexity index is 390. The molecule has 17 heavy (non-hydrogen) atoms. The Balaban J connectivity index is 2.90. The second-order valence-electron chi connectivity index (χ2n) is 5.33. The Morgan fingerprint density at radius 2 is 1.94 bits per heavy atom. The second-order valence-corrected chi connectivity index (χ2v) is 5.33. The van der Waals surface area contributed by atoms with Crippen LogP contribution in [0.5, 0.6) is 0 Å². The van der Waals surface area contributed by atoms with Crippen LogP contribution in [0, 0.1) is 10.8 Å². The molecule has 0 aliphatic carbocycles. The lowest BCUT2D eigenvalue weighted by atomic mass is 9.87. The van der Waals surface area contributed by atoms with Gasteiger partial charge in [-0.25, -0.2) is 9.97 Å². The van der Waals surface area contributed by atoms with E-state index in [9.17, 15) is 0 Å². The number of hydrogen-bond donors (Lipinski definition) is 2. The van der Waals surface area contributed by atoms with Gasteiger partial charge in [-0.1, -0.05) is 20.8 Å². The Kier molecular flexibility index (Phi) is 3.70. The molecule has 0 aliphatic heterocycles. The predicted molar refractivity (Wildman–Crippen MR) is 70.4 cm³/mol. The molecule has 1 aromatic heterocycles. The molecule has 0 bridgehead atoms. The van der Waals surface area contributed by atoms with Gasteiger partial charge in [0.05, 0.1) is 12.4 Å². The minimum Gasteiger partial charge on any atom is -0.382 e. The minimum atomic E-state index is -0.0597. The average Bonchev–Trinajstić information content (AvgIpc) is 2.26. The van der Waals surface area contributed by atoms with Crippen LogP contribution in [0.15, 0.2) is 12.4 Å². The molecule has 0 aromatic carbocycles. The van der Waals surface area contributed by atoms with Crippen molar-refractivity contribution in [1.29, 1.82) is 5.41 Å². The number of amidine groups is 1. The summed E-state index contributed by atoms with van der Waals surface area (Å²) >= 11 is 0. The van der Waals surface area contributed by atoms with E-state index < -0.39 is 0 Å². The topological polar surface area (TPSA) is 78.9 Å². The van der Waals surface area contributed by atoms with E-state index in [-0.39, 0.29) is 11.3 Å². The van der Waals surface area contributed by atoms with Crippen molar-refractivity contribution < 1.29 is 0 Å². The van der Waals surface area contributed by atoms with Crippen molar-refractivity contribution in [3.05, 3.63) is 18.1 Å². The number of aromatic nitrogens is 2. The number of nitrogen functional groups attached to an aromatic ring is 1. The summed E-state index contributed by atoms with van der Waals surface area (Å²) in [6.07, 6.45) is 3.18. The van der Waals surface area contributed by atoms with E-state index in [1.54, 1.807) is 6.20 Å². The van der Waals surface area contributed by atoms with Gasteiger partial charge in [-0.2, -0.15) is 0 Å². The quantitative estimate of drug-likeness (QED) is 0.616. The zero-order valence-corrected chi connectivity index (χ0v) is 11.2. The largest absolute Gasteiger partial charge is 0.382 e. The van der Waals surface area contributed by atoms with Crippen molar-refractivity contribution in [3.63, 3.8) is 0 Å². The van der Waals surface area contributed by atoms with Crippen LogP contribution in [0.1, 0.15) is 33.4 Å². The maximum absolute atomic E-state index is 7.26. The summed E-state index contributed by atoms with van der Waals surface area (Å²) in [5.74, 6) is 0.730. The summed E-state index contributed by atoms with van der Waals surface area (Å²) in [5, 5.41) is 7.26. The van der Waals surface area contributed by atoms with Crippen molar-refractivity contribution in [2.75, 3.05) is 11.9 Å². The highest BCUT2D eigenvalue weighted by Gasteiger charge is 2.24. The lowest BCUT2D eigenvalue weighted by molar-refractivity contribution is 0.328. The van der Waals surface area contributed by atoms with Gasteiger partial charge in [0.15, 0.2) is 0 Å². The number of nitrogens with zero attached hydrogens (tertiary/aromatic N) is 3. The van der Waals surface area contributed by atoms with Gasteiger partial charge >= 0.3 is 0 Å². The molecule has 0 amide bonds. The molecule has 0 fully saturated rings. The standard InChI is InChI=1S/C12H21N5/c1-8(12(2,3)4)17(5)10-7-15-9(6-16-10)11(13)14/h6-8H,1-5H3,(H3,13,14). The van der Waals surface area contributed by atoms with Crippen LogP contribution < -0.4 is 10.6 Å². The van der Waals surface area contributed by atoms with Crippen LogP contribution in [-0.2, 0) is 0 Å². The fraction of sp³-hybridized carbons (Fsp3) is 0.583. The van der Waals surface area contributed by atoms with E-state index in [4.69, 9.17) is 11.1 Å². The van der Waals surface area contributed by atoms with Crippen LogP contribution in [0.4, 0.5) is 5.82 Å². The molecule has 0 radical (unpaired) electrons. The van der Waals surface area contributed by atoms with Gasteiger partial charge in [0.25, 0.3) is 0 Å². The second kappa shape index (κ2) is 4.69. The molecule has 1 unspecified atom stereocenters. The first-order valence-corrected chi connectivity index (χ1v) is 5.62. The van der Waals surface area contributed by atoms with Crippen molar-refractivity contribution >= 4 is 11.7 Å². The lowest BCUT2D eigenvalue weighted by Gasteiger charge is -2.35. The van der Waals surface area contributed by atoms with Gasteiger partial charge in [0, 0.05) is 13.1 Å². The average molecular weight is 235 g/mol. The molecule has 3 N–H and O–H groups in total. The van der Waals surface area contributed by atoms with Crippen LogP contribution >= 0.6 is 0 Å². The normalized spacial score (nSPS) is 13.2. The Morgan fingerprint density at radius 1 is 1.35 bits per heavy atom. The van der Waals surface area contributed by atoms with E-state index in [1.807, 2.05) is 7.05 Å². The molecular formula is C12H21N5. The first-order chi connectivity index (χ1) is 7.73. The van der Waals surface area contributed by atoms with E-state index in [2.05, 4.69) is 42.6 Å². The van der Waals surface area contributed by atoms with Gasteiger partial charge in [0.2, 0.25) is 0 Å². The van der Waals surface area contributed by atoms with Gasteiger partial charge in [-0.15, -0.1) is 0 Å². The SMILES string of the molecule is CC(N(C)c1cnc(C(=N)N)cn1)C(C)(C)C. The van der Waals surface area contributed by atoms with Gasteiger partial charge in [0.1, 0.15) is 17.3 Å². The van der Waals surface area contributed by atoms with Crippen LogP contribution in [0.3, 0.4) is 0 Å². The maximum atomic E-state index is 7.26. The smallest absolute Gasteiger partial charge is 0.147 e. The maximum Gasteiger partial charge on any atom is 0.147 e. The molecule has 1 aromatic rings. The van der Waals surface area contributed by atoms with Crippen molar-refractivity contribution in [1.82, 2.24) is 9.97 Å². The van der Waals surface area contributed by atoms with Crippen molar-refractivity contribution in [3.8, 4) is 0 Å². The lowest BCUT2D eigenvalue weighted by Crippen LogP contribution is -2.39. The molecule has 1 rings (SSSR count). The number of nitrogens with one attached hydrogen (secondary N) is 1. The fourth-order valence-corrected chi connectivity index (χ4v) is 1.42. The highest BCUT2D eigenvalue weighted by molar-refractivity contribution is 5.92. The monoisotopic (exact) mass is 235 g/mol. The third-order valence-electron chi connectivity index (χ3n) is 3.11. The summed E-state index contributed by atoms with van der Waals surface area (Å²) in [7, 11) is 1.99. The van der Waals surface area contributed by atoms with E-state index in [0.29, 0.717) is 11.7 Å². The zero-order chi connectivity index (χ0) is 13.2. The van der Waals surface area contributed by atoms with Crippen molar-refractivity contribution in [2.24, 2.45) is 11.1 Å². The summed E-state index contributed by atoms with van der Waals surface area (Å²) < 4.78 is 0. The molecule has 94 valence electrons. The molecule has 0 spiro atoms. The highest BCUT2D eigenvalue weighted by atomic mass is 15.2. The first-order valence-electron chi connectivity index (χ1n) is 5.62. The van der Waals surface area contributed by atoms with E-state index >= 15 is 0 Å². The molecular weight excluding hydrogens is 214 g/mol. The Labute approximate surface area is 103 Å². The highest BCUT2D eigenvalue weighted by Crippen LogP contribution is 2.25. The van der Waals surface area contributed by atoms with E-state index in [1.165, 1.54) is 6.20 Å². The van der Waals surface area contributed by atoms with E-state index in [0.717, 1.165) is 5.82 Å². The number of nitrogens with two attached hydrogens (primary N) is 1. The summed E-state index contributed by atoms with van der Waals surface area (Å²) in [6, 6.07) is 0.333. The third kappa shape index (κ3) is 3.15. The number of hydrogen-bond acceptors (Lipinski definition) is 4. The minimum absolute atomic E-state index is 0.0597. The molecule has 0 aliphatic rings. The summed E-state index contributed by atoms with van der Waals surface area (Å²) in [6.45, 7) is 8.71. The molecule has 0 saturated carbocycles.